The van der Waals surface area contributed by atoms with Gasteiger partial charge in [0, 0.05) is 44.1 Å². The Balaban J connectivity index is 1.59. The van der Waals surface area contributed by atoms with Gasteiger partial charge in [0.05, 0.1) is 19.3 Å². The molecule has 0 N–H and O–H groups in total. The van der Waals surface area contributed by atoms with Gasteiger partial charge in [0.15, 0.2) is 0 Å². The molecule has 5 nitrogen and oxygen atoms in total. The number of likely N-dealkylation sites (tertiary alicyclic amines) is 1. The Morgan fingerprint density at radius 1 is 1.38 bits per heavy atom. The summed E-state index contributed by atoms with van der Waals surface area (Å²) in [5.41, 5.74) is 0.0631. The highest BCUT2D eigenvalue weighted by molar-refractivity contribution is 5.83. The van der Waals surface area contributed by atoms with Crippen LogP contribution in [-0.4, -0.2) is 74.9 Å². The van der Waals surface area contributed by atoms with Gasteiger partial charge in [-0.25, -0.2) is 0 Å². The van der Waals surface area contributed by atoms with Gasteiger partial charge in [-0.05, 0) is 19.4 Å². The standard InChI is InChI=1S/C16H28N2O3/c1-11(2)14-8-21-10-16(9-17(14)3)5-13(16)15(19)18-6-12(7-18)20-4/h11-14H,5-10H2,1-4H3. The number of rotatable bonds is 3. The van der Waals surface area contributed by atoms with Crippen LogP contribution in [0.1, 0.15) is 20.3 Å². The summed E-state index contributed by atoms with van der Waals surface area (Å²) in [6.45, 7) is 8.49. The van der Waals surface area contributed by atoms with Gasteiger partial charge in [-0.15, -0.1) is 0 Å². The molecule has 2 heterocycles. The number of nitrogens with zero attached hydrogens (tertiary/aromatic N) is 2. The summed E-state index contributed by atoms with van der Waals surface area (Å²) in [6.07, 6.45) is 1.22. The summed E-state index contributed by atoms with van der Waals surface area (Å²) < 4.78 is 11.2. The molecule has 5 heteroatoms. The lowest BCUT2D eigenvalue weighted by molar-refractivity contribution is -0.145. The molecule has 3 atom stereocenters. The van der Waals surface area contributed by atoms with Crippen LogP contribution in [0.5, 0.6) is 0 Å². The molecular weight excluding hydrogens is 268 g/mol. The summed E-state index contributed by atoms with van der Waals surface area (Å²) in [5.74, 6) is 1.04. The summed E-state index contributed by atoms with van der Waals surface area (Å²) >= 11 is 0. The quantitative estimate of drug-likeness (QED) is 0.774. The molecule has 21 heavy (non-hydrogen) atoms. The molecule has 1 amide bonds. The summed E-state index contributed by atoms with van der Waals surface area (Å²) in [5, 5.41) is 0. The lowest BCUT2D eigenvalue weighted by Crippen LogP contribution is -2.55. The summed E-state index contributed by atoms with van der Waals surface area (Å²) in [7, 11) is 3.89. The highest BCUT2D eigenvalue weighted by Crippen LogP contribution is 2.55. The van der Waals surface area contributed by atoms with E-state index in [-0.39, 0.29) is 17.4 Å². The van der Waals surface area contributed by atoms with E-state index in [1.165, 1.54) is 0 Å². The Hall–Kier alpha value is -0.650. The largest absolute Gasteiger partial charge is 0.379 e. The van der Waals surface area contributed by atoms with Crippen molar-refractivity contribution in [2.24, 2.45) is 17.3 Å². The number of hydrogen-bond donors (Lipinski definition) is 0. The average Bonchev–Trinajstić information content (AvgIpc) is 3.09. The Morgan fingerprint density at radius 2 is 2.10 bits per heavy atom. The molecule has 0 aromatic rings. The first-order valence-corrected chi connectivity index (χ1v) is 8.06. The van der Waals surface area contributed by atoms with Crippen molar-refractivity contribution in [3.8, 4) is 0 Å². The van der Waals surface area contributed by atoms with Crippen molar-refractivity contribution in [3.05, 3.63) is 0 Å². The van der Waals surface area contributed by atoms with Gasteiger partial charge in [-0.2, -0.15) is 0 Å². The Morgan fingerprint density at radius 3 is 2.71 bits per heavy atom. The third kappa shape index (κ3) is 2.71. The molecule has 3 unspecified atom stereocenters. The predicted molar refractivity (Wildman–Crippen MR) is 80.0 cm³/mol. The van der Waals surface area contributed by atoms with E-state index in [1.807, 2.05) is 4.90 Å². The first-order chi connectivity index (χ1) is 9.97. The van der Waals surface area contributed by atoms with Gasteiger partial charge >= 0.3 is 0 Å². The van der Waals surface area contributed by atoms with Crippen molar-refractivity contribution in [3.63, 3.8) is 0 Å². The smallest absolute Gasteiger partial charge is 0.226 e. The van der Waals surface area contributed by atoms with E-state index in [9.17, 15) is 4.79 Å². The monoisotopic (exact) mass is 296 g/mol. The maximum absolute atomic E-state index is 12.6. The fourth-order valence-electron chi connectivity index (χ4n) is 3.89. The second-order valence-electron chi connectivity index (χ2n) is 7.46. The fraction of sp³-hybridized carbons (Fsp3) is 0.938. The van der Waals surface area contributed by atoms with Crippen LogP contribution in [0.15, 0.2) is 0 Å². The third-order valence-electron chi connectivity index (χ3n) is 5.56. The number of ether oxygens (including phenoxy) is 2. The molecule has 2 aliphatic heterocycles. The topological polar surface area (TPSA) is 42.0 Å². The van der Waals surface area contributed by atoms with Crippen molar-refractivity contribution < 1.29 is 14.3 Å². The summed E-state index contributed by atoms with van der Waals surface area (Å²) in [4.78, 5) is 16.9. The molecule has 0 bridgehead atoms. The minimum Gasteiger partial charge on any atom is -0.379 e. The molecule has 3 fully saturated rings. The van der Waals surface area contributed by atoms with E-state index in [4.69, 9.17) is 9.47 Å². The maximum atomic E-state index is 12.6. The second-order valence-corrected chi connectivity index (χ2v) is 7.46. The lowest BCUT2D eigenvalue weighted by atomic mass is 10.00. The molecule has 1 saturated carbocycles. The highest BCUT2D eigenvalue weighted by atomic mass is 16.5. The number of amides is 1. The zero-order valence-electron chi connectivity index (χ0n) is 13.7. The number of likely N-dealkylation sites (N-methyl/N-ethyl adjacent to an activating group) is 1. The Bertz CT molecular complexity index is 408. The van der Waals surface area contributed by atoms with Crippen molar-refractivity contribution in [1.82, 2.24) is 9.80 Å². The number of carbonyl (C=O) groups is 1. The van der Waals surface area contributed by atoms with Crippen LogP contribution < -0.4 is 0 Å². The SMILES string of the molecule is COC1CN(C(=O)C2CC23COCC(C(C)C)N(C)C3)C1. The molecule has 1 spiro atoms. The van der Waals surface area contributed by atoms with Crippen LogP contribution >= 0.6 is 0 Å². The van der Waals surface area contributed by atoms with Gasteiger partial charge in [-0.1, -0.05) is 13.8 Å². The fourth-order valence-corrected chi connectivity index (χ4v) is 3.89. The molecular formula is C16H28N2O3. The molecule has 0 aromatic carbocycles. The molecule has 0 aromatic heterocycles. The first-order valence-electron chi connectivity index (χ1n) is 8.06. The second kappa shape index (κ2) is 5.52. The van der Waals surface area contributed by atoms with Crippen molar-refractivity contribution >= 4 is 5.91 Å². The van der Waals surface area contributed by atoms with Crippen molar-refractivity contribution in [2.75, 3.05) is 47.0 Å². The van der Waals surface area contributed by atoms with E-state index in [0.29, 0.717) is 17.9 Å². The van der Waals surface area contributed by atoms with E-state index in [1.54, 1.807) is 7.11 Å². The van der Waals surface area contributed by atoms with Gasteiger partial charge in [0.2, 0.25) is 5.91 Å². The average molecular weight is 296 g/mol. The van der Waals surface area contributed by atoms with E-state index < -0.39 is 0 Å². The molecule has 120 valence electrons. The molecule has 0 radical (unpaired) electrons. The zero-order valence-corrected chi connectivity index (χ0v) is 13.7. The molecule has 2 saturated heterocycles. The number of hydrogen-bond acceptors (Lipinski definition) is 4. The molecule has 3 aliphatic rings. The van der Waals surface area contributed by atoms with Gasteiger partial charge in [-0.3, -0.25) is 4.79 Å². The number of methoxy groups -OCH3 is 1. The van der Waals surface area contributed by atoms with Gasteiger partial charge in [0.25, 0.3) is 0 Å². The maximum Gasteiger partial charge on any atom is 0.226 e. The van der Waals surface area contributed by atoms with Crippen molar-refractivity contribution in [1.29, 1.82) is 0 Å². The summed E-state index contributed by atoms with van der Waals surface area (Å²) in [6, 6.07) is 0.461. The van der Waals surface area contributed by atoms with Crippen LogP contribution in [0.25, 0.3) is 0 Å². The van der Waals surface area contributed by atoms with Crippen LogP contribution in [0.3, 0.4) is 0 Å². The normalized spacial score (nSPS) is 37.7. The van der Waals surface area contributed by atoms with Crippen molar-refractivity contribution in [2.45, 2.75) is 32.4 Å². The Labute approximate surface area is 127 Å². The third-order valence-corrected chi connectivity index (χ3v) is 5.56. The van der Waals surface area contributed by atoms with Crippen LogP contribution in [0.2, 0.25) is 0 Å². The Kier molecular flexibility index (Phi) is 4.01. The van der Waals surface area contributed by atoms with Gasteiger partial charge < -0.3 is 19.3 Å². The van der Waals surface area contributed by atoms with Crippen LogP contribution in [-0.2, 0) is 14.3 Å². The minimum absolute atomic E-state index is 0.0631. The van der Waals surface area contributed by atoms with Crippen LogP contribution in [0, 0.1) is 17.3 Å². The zero-order chi connectivity index (χ0) is 15.2. The van der Waals surface area contributed by atoms with Gasteiger partial charge in [0.1, 0.15) is 0 Å². The van der Waals surface area contributed by atoms with E-state index >= 15 is 0 Å². The predicted octanol–water partition coefficient (Wildman–Crippen LogP) is 0.837. The lowest BCUT2D eigenvalue weighted by Gasteiger charge is -2.39. The highest BCUT2D eigenvalue weighted by Gasteiger charge is 2.61. The number of carbonyl (C=O) groups excluding carboxylic acids is 1. The molecule has 1 aliphatic carbocycles. The van der Waals surface area contributed by atoms with E-state index in [0.717, 1.165) is 39.3 Å². The van der Waals surface area contributed by atoms with E-state index in [2.05, 4.69) is 25.8 Å². The first kappa shape index (κ1) is 15.3. The minimum atomic E-state index is 0.0631. The van der Waals surface area contributed by atoms with Crippen LogP contribution in [0.4, 0.5) is 0 Å². The molecule has 3 rings (SSSR count).